The summed E-state index contributed by atoms with van der Waals surface area (Å²) in [6.45, 7) is -0.235. The molecular weight excluding hydrogens is 382 g/mol. The van der Waals surface area contributed by atoms with Crippen molar-refractivity contribution >= 4 is 43.3 Å². The molecule has 6 nitrogen and oxygen atoms in total. The Balaban J connectivity index is 2.40. The molecule has 0 spiro atoms. The average Bonchev–Trinajstić information content (AvgIpc) is 3.04. The van der Waals surface area contributed by atoms with Gasteiger partial charge in [-0.1, -0.05) is 12.8 Å². The smallest absolute Gasteiger partial charge is 0.345 e. The second kappa shape index (κ2) is 6.74. The van der Waals surface area contributed by atoms with E-state index in [0.29, 0.717) is 0 Å². The molecule has 0 aromatic carbocycles. The van der Waals surface area contributed by atoms with E-state index in [4.69, 9.17) is 10.2 Å². The van der Waals surface area contributed by atoms with Gasteiger partial charge < -0.3 is 10.2 Å². The van der Waals surface area contributed by atoms with Crippen LogP contribution in [0.1, 0.15) is 35.4 Å². The topological polar surface area (TPSA) is 94.9 Å². The molecule has 0 atom stereocenters. The van der Waals surface area contributed by atoms with Crippen LogP contribution in [0.25, 0.3) is 0 Å². The number of carboxylic acids is 1. The molecule has 118 valence electrons. The Morgan fingerprint density at radius 3 is 2.52 bits per heavy atom. The second-order valence-electron chi connectivity index (χ2n) is 4.83. The number of carbonyl (C=O) groups is 1. The molecule has 0 bridgehead atoms. The molecular formula is C12H16BrNO5S2. The number of carboxylic acid groups (broad SMARTS) is 1. The van der Waals surface area contributed by atoms with Crippen LogP contribution < -0.4 is 0 Å². The summed E-state index contributed by atoms with van der Waals surface area (Å²) >= 11 is 4.01. The van der Waals surface area contributed by atoms with Crippen LogP contribution >= 0.6 is 27.3 Å². The van der Waals surface area contributed by atoms with E-state index in [1.807, 2.05) is 0 Å². The van der Waals surface area contributed by atoms with Crippen LogP contribution in [0.4, 0.5) is 0 Å². The van der Waals surface area contributed by atoms with Crippen LogP contribution in [0.5, 0.6) is 0 Å². The van der Waals surface area contributed by atoms with Crippen molar-refractivity contribution in [2.75, 3.05) is 13.2 Å². The van der Waals surface area contributed by atoms with Gasteiger partial charge in [0.15, 0.2) is 0 Å². The molecule has 9 heteroatoms. The molecule has 1 heterocycles. The standard InChI is InChI=1S/C12H16BrNO5S2/c13-11-10(7-9(20-11)12(16)17)21(18,19)14(5-6-15)8-3-1-2-4-8/h7-8,15H,1-6H2,(H,16,17). The van der Waals surface area contributed by atoms with Crippen molar-refractivity contribution in [3.05, 3.63) is 14.7 Å². The number of rotatable bonds is 6. The van der Waals surface area contributed by atoms with Gasteiger partial charge in [0, 0.05) is 12.6 Å². The first-order valence-electron chi connectivity index (χ1n) is 6.53. The first-order chi connectivity index (χ1) is 9.87. The third kappa shape index (κ3) is 3.48. The number of aromatic carboxylic acids is 1. The Bertz CT molecular complexity index is 622. The number of sulfonamides is 1. The number of aliphatic hydroxyl groups is 1. The molecule has 1 aromatic rings. The van der Waals surface area contributed by atoms with Crippen LogP contribution in [0.15, 0.2) is 14.7 Å². The largest absolute Gasteiger partial charge is 0.477 e. The zero-order chi connectivity index (χ0) is 15.6. The third-order valence-corrected chi connectivity index (χ3v) is 7.70. The average molecular weight is 398 g/mol. The van der Waals surface area contributed by atoms with E-state index in [1.54, 1.807) is 0 Å². The monoisotopic (exact) mass is 397 g/mol. The van der Waals surface area contributed by atoms with Crippen LogP contribution in [0.2, 0.25) is 0 Å². The van der Waals surface area contributed by atoms with Crippen LogP contribution in [0, 0.1) is 0 Å². The molecule has 2 rings (SSSR count). The highest BCUT2D eigenvalue weighted by Crippen LogP contribution is 2.36. The van der Waals surface area contributed by atoms with Crippen molar-refractivity contribution in [1.29, 1.82) is 0 Å². The maximum absolute atomic E-state index is 12.8. The van der Waals surface area contributed by atoms with Crippen molar-refractivity contribution in [3.8, 4) is 0 Å². The van der Waals surface area contributed by atoms with Crippen molar-refractivity contribution in [2.45, 2.75) is 36.6 Å². The third-order valence-electron chi connectivity index (χ3n) is 3.51. The predicted molar refractivity (Wildman–Crippen MR) is 82.2 cm³/mol. The normalized spacial score (nSPS) is 16.7. The van der Waals surface area contributed by atoms with Gasteiger partial charge in [-0.25, -0.2) is 13.2 Å². The molecule has 1 aliphatic carbocycles. The summed E-state index contributed by atoms with van der Waals surface area (Å²) in [5, 5.41) is 18.1. The maximum atomic E-state index is 12.8. The Labute approximate surface area is 135 Å². The van der Waals surface area contributed by atoms with Gasteiger partial charge in [-0.3, -0.25) is 0 Å². The summed E-state index contributed by atoms with van der Waals surface area (Å²) in [6.07, 6.45) is 3.47. The van der Waals surface area contributed by atoms with Gasteiger partial charge in [0.1, 0.15) is 9.77 Å². The highest BCUT2D eigenvalue weighted by atomic mass is 79.9. The van der Waals surface area contributed by atoms with Crippen molar-refractivity contribution in [3.63, 3.8) is 0 Å². The lowest BCUT2D eigenvalue weighted by Crippen LogP contribution is -2.40. The number of thiophene rings is 1. The van der Waals surface area contributed by atoms with E-state index in [-0.39, 0.29) is 32.8 Å². The van der Waals surface area contributed by atoms with E-state index in [9.17, 15) is 13.2 Å². The maximum Gasteiger partial charge on any atom is 0.345 e. The molecule has 1 aliphatic rings. The summed E-state index contributed by atoms with van der Waals surface area (Å²) in [5.41, 5.74) is 0. The second-order valence-corrected chi connectivity index (χ2v) is 9.06. The fourth-order valence-electron chi connectivity index (χ4n) is 2.55. The van der Waals surface area contributed by atoms with Gasteiger partial charge in [0.2, 0.25) is 10.0 Å². The number of halogens is 1. The minimum Gasteiger partial charge on any atom is -0.477 e. The molecule has 1 fully saturated rings. The molecule has 21 heavy (non-hydrogen) atoms. The van der Waals surface area contributed by atoms with Crippen molar-refractivity contribution in [1.82, 2.24) is 4.31 Å². The molecule has 0 radical (unpaired) electrons. The Morgan fingerprint density at radius 1 is 1.43 bits per heavy atom. The number of hydrogen-bond acceptors (Lipinski definition) is 5. The highest BCUT2D eigenvalue weighted by Gasteiger charge is 2.35. The molecule has 0 saturated heterocycles. The first kappa shape index (κ1) is 16.9. The van der Waals surface area contributed by atoms with Gasteiger partial charge in [-0.15, -0.1) is 11.3 Å². The zero-order valence-corrected chi connectivity index (χ0v) is 14.4. The van der Waals surface area contributed by atoms with Crippen LogP contribution in [-0.2, 0) is 10.0 Å². The summed E-state index contributed by atoms with van der Waals surface area (Å²) in [4.78, 5) is 10.9. The summed E-state index contributed by atoms with van der Waals surface area (Å²) in [6, 6.07) is 1.05. The zero-order valence-electron chi connectivity index (χ0n) is 11.2. The van der Waals surface area contributed by atoms with Gasteiger partial charge in [-0.05, 0) is 34.8 Å². The minimum atomic E-state index is -3.82. The fraction of sp³-hybridized carbons (Fsp3) is 0.583. The van der Waals surface area contributed by atoms with E-state index in [1.165, 1.54) is 10.4 Å². The van der Waals surface area contributed by atoms with E-state index in [2.05, 4.69) is 15.9 Å². The lowest BCUT2D eigenvalue weighted by Gasteiger charge is -2.27. The predicted octanol–water partition coefficient (Wildman–Crippen LogP) is 2.13. The van der Waals surface area contributed by atoms with Crippen LogP contribution in [0.3, 0.4) is 0 Å². The summed E-state index contributed by atoms with van der Waals surface area (Å²) in [5.74, 6) is -1.16. The minimum absolute atomic E-state index is 0.0255. The Morgan fingerprint density at radius 2 is 2.05 bits per heavy atom. The van der Waals surface area contributed by atoms with Crippen LogP contribution in [-0.4, -0.2) is 48.1 Å². The van der Waals surface area contributed by atoms with Crippen molar-refractivity contribution in [2.24, 2.45) is 0 Å². The summed E-state index contributed by atoms with van der Waals surface area (Å²) < 4.78 is 27.1. The number of hydrogen-bond donors (Lipinski definition) is 2. The summed E-state index contributed by atoms with van der Waals surface area (Å²) in [7, 11) is -3.82. The van der Waals surface area contributed by atoms with E-state index >= 15 is 0 Å². The fourth-order valence-corrected chi connectivity index (χ4v) is 6.58. The number of nitrogens with zero attached hydrogens (tertiary/aromatic N) is 1. The van der Waals surface area contributed by atoms with E-state index < -0.39 is 16.0 Å². The molecule has 0 unspecified atom stereocenters. The highest BCUT2D eigenvalue weighted by molar-refractivity contribution is 9.11. The van der Waals surface area contributed by atoms with Gasteiger partial charge >= 0.3 is 5.97 Å². The molecule has 2 N–H and O–H groups in total. The van der Waals surface area contributed by atoms with Crippen molar-refractivity contribution < 1.29 is 23.4 Å². The molecule has 1 aromatic heterocycles. The lowest BCUT2D eigenvalue weighted by atomic mass is 10.2. The lowest BCUT2D eigenvalue weighted by molar-refractivity contribution is 0.0702. The van der Waals surface area contributed by atoms with Gasteiger partial charge in [0.25, 0.3) is 0 Å². The first-order valence-corrected chi connectivity index (χ1v) is 9.58. The van der Waals surface area contributed by atoms with Gasteiger partial charge in [0.05, 0.1) is 10.4 Å². The van der Waals surface area contributed by atoms with Gasteiger partial charge in [-0.2, -0.15) is 4.31 Å². The SMILES string of the molecule is O=C(O)c1cc(S(=O)(=O)N(CCO)C2CCCC2)c(Br)s1. The molecule has 0 aliphatic heterocycles. The van der Waals surface area contributed by atoms with E-state index in [0.717, 1.165) is 37.0 Å². The number of aliphatic hydroxyl groups excluding tert-OH is 1. The Hall–Kier alpha value is -0.480. The molecule has 1 saturated carbocycles. The Kier molecular flexibility index (Phi) is 5.42. The quantitative estimate of drug-likeness (QED) is 0.766. The molecule has 0 amide bonds.